The molecule has 0 fully saturated rings. The van der Waals surface area contributed by atoms with Gasteiger partial charge in [0.05, 0.1) is 5.92 Å². The average molecular weight is 273 g/mol. The number of hydrogen-bond acceptors (Lipinski definition) is 5. The van der Waals surface area contributed by atoms with Crippen molar-refractivity contribution >= 4 is 0 Å². The number of aromatic nitrogens is 2. The van der Waals surface area contributed by atoms with Crippen LogP contribution in [0.5, 0.6) is 5.75 Å². The fraction of sp³-hybridized carbons (Fsp3) is 0.467. The summed E-state index contributed by atoms with van der Waals surface area (Å²) in [6.45, 7) is 2.69. The first kappa shape index (κ1) is 13.1. The Morgan fingerprint density at radius 1 is 1.40 bits per heavy atom. The van der Waals surface area contributed by atoms with Crippen LogP contribution in [0, 0.1) is 0 Å². The smallest absolute Gasteiger partial charge is 0.233 e. The van der Waals surface area contributed by atoms with Crippen LogP contribution in [-0.2, 0) is 12.8 Å². The summed E-state index contributed by atoms with van der Waals surface area (Å²) in [5.41, 5.74) is 1.20. The third-order valence-electron chi connectivity index (χ3n) is 3.69. The molecule has 1 aliphatic rings. The molecule has 0 radical (unpaired) electrons. The van der Waals surface area contributed by atoms with Gasteiger partial charge in [0.2, 0.25) is 5.89 Å². The number of para-hydroxylation sites is 1. The summed E-state index contributed by atoms with van der Waals surface area (Å²) in [5, 5.41) is 7.22. The molecule has 0 bridgehead atoms. The molecule has 2 heterocycles. The van der Waals surface area contributed by atoms with Crippen molar-refractivity contribution in [3.05, 3.63) is 41.5 Å². The zero-order valence-corrected chi connectivity index (χ0v) is 11.8. The molecule has 0 spiro atoms. The Morgan fingerprint density at radius 2 is 2.25 bits per heavy atom. The lowest BCUT2D eigenvalue weighted by Crippen LogP contribution is -2.24. The molecule has 1 aliphatic heterocycles. The molecule has 1 N–H and O–H groups in total. The number of benzene rings is 1. The molecule has 5 nitrogen and oxygen atoms in total. The highest BCUT2D eigenvalue weighted by atomic mass is 16.5. The minimum atomic E-state index is 0.149. The van der Waals surface area contributed by atoms with Gasteiger partial charge in [0.25, 0.3) is 0 Å². The molecule has 2 atom stereocenters. The van der Waals surface area contributed by atoms with Gasteiger partial charge in [-0.3, -0.25) is 0 Å². The predicted octanol–water partition coefficient (Wildman–Crippen LogP) is 1.94. The largest absolute Gasteiger partial charge is 0.492 e. The number of likely N-dealkylation sites (N-methyl/N-ethyl adjacent to an activating group) is 1. The zero-order chi connectivity index (χ0) is 13.9. The van der Waals surface area contributed by atoms with Crippen molar-refractivity contribution in [2.45, 2.75) is 31.7 Å². The molecule has 20 heavy (non-hydrogen) atoms. The number of nitrogens with zero attached hydrogens (tertiary/aromatic N) is 2. The third kappa shape index (κ3) is 2.67. The van der Waals surface area contributed by atoms with Crippen molar-refractivity contribution in [3.63, 3.8) is 0 Å². The van der Waals surface area contributed by atoms with Crippen molar-refractivity contribution in [1.29, 1.82) is 0 Å². The second kappa shape index (κ2) is 5.63. The minimum absolute atomic E-state index is 0.149. The van der Waals surface area contributed by atoms with E-state index in [4.69, 9.17) is 9.26 Å². The maximum atomic E-state index is 5.76. The van der Waals surface area contributed by atoms with Gasteiger partial charge in [-0.05, 0) is 32.0 Å². The molecule has 0 saturated carbocycles. The van der Waals surface area contributed by atoms with Crippen LogP contribution in [0.2, 0.25) is 0 Å². The van der Waals surface area contributed by atoms with Gasteiger partial charge in [-0.2, -0.15) is 4.98 Å². The summed E-state index contributed by atoms with van der Waals surface area (Å²) < 4.78 is 11.2. The van der Waals surface area contributed by atoms with Crippen LogP contribution >= 0.6 is 0 Å². The number of fused-ring (bicyclic) bond motifs is 1. The van der Waals surface area contributed by atoms with E-state index in [1.54, 1.807) is 0 Å². The zero-order valence-electron chi connectivity index (χ0n) is 11.8. The molecule has 2 aromatic rings. The normalized spacial score (nSPS) is 19.2. The molecular weight excluding hydrogens is 254 g/mol. The Hall–Kier alpha value is -1.88. The van der Waals surface area contributed by atoms with Gasteiger partial charge < -0.3 is 14.6 Å². The second-order valence-electron chi connectivity index (χ2n) is 5.26. The van der Waals surface area contributed by atoms with Crippen LogP contribution in [0.4, 0.5) is 0 Å². The minimum Gasteiger partial charge on any atom is -0.492 e. The number of rotatable bonds is 4. The van der Waals surface area contributed by atoms with Gasteiger partial charge in [0, 0.05) is 12.5 Å². The number of hydrogen-bond donors (Lipinski definition) is 1. The van der Waals surface area contributed by atoms with Crippen molar-refractivity contribution in [2.75, 3.05) is 13.7 Å². The first-order valence-corrected chi connectivity index (χ1v) is 6.96. The fourth-order valence-corrected chi connectivity index (χ4v) is 2.38. The lowest BCUT2D eigenvalue weighted by atomic mass is 9.97. The van der Waals surface area contributed by atoms with Crippen molar-refractivity contribution in [2.24, 2.45) is 0 Å². The van der Waals surface area contributed by atoms with Crippen LogP contribution in [0.3, 0.4) is 0 Å². The fourth-order valence-electron chi connectivity index (χ4n) is 2.38. The van der Waals surface area contributed by atoms with E-state index in [1.807, 2.05) is 25.2 Å². The first-order valence-electron chi connectivity index (χ1n) is 6.96. The lowest BCUT2D eigenvalue weighted by Gasteiger charge is -2.22. The van der Waals surface area contributed by atoms with Gasteiger partial charge in [-0.15, -0.1) is 0 Å². The van der Waals surface area contributed by atoms with E-state index >= 15 is 0 Å². The van der Waals surface area contributed by atoms with Crippen molar-refractivity contribution < 1.29 is 9.26 Å². The summed E-state index contributed by atoms with van der Waals surface area (Å²) in [4.78, 5) is 4.50. The SMILES string of the molecule is CNC(C)Cc1noc(C2COc3ccccc3C2)n1. The molecule has 0 amide bonds. The Bertz CT molecular complexity index is 582. The highest BCUT2D eigenvalue weighted by Gasteiger charge is 2.26. The van der Waals surface area contributed by atoms with Crippen molar-refractivity contribution in [1.82, 2.24) is 15.5 Å². The summed E-state index contributed by atoms with van der Waals surface area (Å²) in [7, 11) is 1.93. The van der Waals surface area contributed by atoms with Gasteiger partial charge >= 0.3 is 0 Å². The molecule has 106 valence electrons. The molecular formula is C15H19N3O2. The third-order valence-corrected chi connectivity index (χ3v) is 3.69. The molecule has 2 unspecified atom stereocenters. The maximum Gasteiger partial charge on any atom is 0.233 e. The van der Waals surface area contributed by atoms with Gasteiger partial charge in [-0.25, -0.2) is 0 Å². The van der Waals surface area contributed by atoms with E-state index in [2.05, 4.69) is 28.4 Å². The average Bonchev–Trinajstić information content (AvgIpc) is 2.95. The van der Waals surface area contributed by atoms with E-state index in [1.165, 1.54) is 5.56 Å². The van der Waals surface area contributed by atoms with E-state index in [0.29, 0.717) is 18.5 Å². The molecule has 3 rings (SSSR count). The van der Waals surface area contributed by atoms with E-state index in [0.717, 1.165) is 24.4 Å². The highest BCUT2D eigenvalue weighted by Crippen LogP contribution is 2.31. The van der Waals surface area contributed by atoms with Gasteiger partial charge in [0.15, 0.2) is 5.82 Å². The predicted molar refractivity (Wildman–Crippen MR) is 74.9 cm³/mol. The maximum absolute atomic E-state index is 5.76. The van der Waals surface area contributed by atoms with E-state index < -0.39 is 0 Å². The van der Waals surface area contributed by atoms with Crippen LogP contribution in [0.15, 0.2) is 28.8 Å². The Kier molecular flexibility index (Phi) is 3.69. The Balaban J connectivity index is 1.72. The van der Waals surface area contributed by atoms with E-state index in [-0.39, 0.29) is 5.92 Å². The van der Waals surface area contributed by atoms with Crippen LogP contribution < -0.4 is 10.1 Å². The summed E-state index contributed by atoms with van der Waals surface area (Å²) in [6.07, 6.45) is 1.66. The van der Waals surface area contributed by atoms with Gasteiger partial charge in [0.1, 0.15) is 12.4 Å². The lowest BCUT2D eigenvalue weighted by molar-refractivity contribution is 0.230. The number of nitrogens with one attached hydrogen (secondary N) is 1. The highest BCUT2D eigenvalue weighted by molar-refractivity contribution is 5.36. The first-order chi connectivity index (χ1) is 9.76. The topological polar surface area (TPSA) is 60.2 Å². The molecule has 1 aromatic heterocycles. The molecule has 0 aliphatic carbocycles. The van der Waals surface area contributed by atoms with E-state index in [9.17, 15) is 0 Å². The van der Waals surface area contributed by atoms with Crippen LogP contribution in [0.1, 0.15) is 30.1 Å². The summed E-state index contributed by atoms with van der Waals surface area (Å²) in [6, 6.07) is 8.44. The van der Waals surface area contributed by atoms with Crippen LogP contribution in [-0.4, -0.2) is 29.8 Å². The monoisotopic (exact) mass is 273 g/mol. The van der Waals surface area contributed by atoms with Crippen molar-refractivity contribution in [3.8, 4) is 5.75 Å². The van der Waals surface area contributed by atoms with Gasteiger partial charge in [-0.1, -0.05) is 23.4 Å². The molecule has 5 heteroatoms. The Morgan fingerprint density at radius 3 is 3.10 bits per heavy atom. The summed E-state index contributed by atoms with van der Waals surface area (Å²) in [5.74, 6) is 2.54. The molecule has 1 aromatic carbocycles. The number of ether oxygens (including phenoxy) is 1. The quantitative estimate of drug-likeness (QED) is 0.922. The summed E-state index contributed by atoms with van der Waals surface area (Å²) >= 11 is 0. The Labute approximate surface area is 118 Å². The molecule has 0 saturated heterocycles. The van der Waals surface area contributed by atoms with Crippen LogP contribution in [0.25, 0.3) is 0 Å². The standard InChI is InChI=1S/C15H19N3O2/c1-10(16-2)7-14-17-15(20-18-14)12-8-11-5-3-4-6-13(11)19-9-12/h3-6,10,12,16H,7-9H2,1-2H3. The second-order valence-corrected chi connectivity index (χ2v) is 5.26.